The van der Waals surface area contributed by atoms with E-state index in [0.29, 0.717) is 0 Å². The van der Waals surface area contributed by atoms with E-state index in [2.05, 4.69) is 281 Å². The molecule has 0 spiro atoms. The van der Waals surface area contributed by atoms with Crippen LogP contribution in [0.25, 0.3) is 11.1 Å². The Morgan fingerprint density at radius 1 is 0.411 bits per heavy atom. The van der Waals surface area contributed by atoms with Gasteiger partial charge in [-0.3, -0.25) is 0 Å². The van der Waals surface area contributed by atoms with Gasteiger partial charge in [-0.2, -0.15) is 0 Å². The fourth-order valence-corrected chi connectivity index (χ4v) is 12.2. The molecule has 2 heterocycles. The van der Waals surface area contributed by atoms with Crippen LogP contribution in [0.2, 0.25) is 0 Å². The summed E-state index contributed by atoms with van der Waals surface area (Å²) in [5, 5.41) is 0. The van der Waals surface area contributed by atoms with E-state index in [9.17, 15) is 0 Å². The van der Waals surface area contributed by atoms with Crippen molar-refractivity contribution in [1.82, 2.24) is 0 Å². The molecule has 0 fully saturated rings. The van der Waals surface area contributed by atoms with Crippen molar-refractivity contribution in [2.24, 2.45) is 0 Å². The molecule has 0 unspecified atom stereocenters. The van der Waals surface area contributed by atoms with E-state index in [4.69, 9.17) is 0 Å². The van der Waals surface area contributed by atoms with Crippen LogP contribution in [-0.4, -0.2) is 6.71 Å². The highest BCUT2D eigenvalue weighted by Gasteiger charge is 2.47. The lowest BCUT2D eigenvalue weighted by molar-refractivity contribution is 0.332. The lowest BCUT2D eigenvalue weighted by Crippen LogP contribution is -2.62. The first-order valence-corrected chi connectivity index (χ1v) is 26.8. The smallest absolute Gasteiger partial charge is 0.252 e. The predicted molar refractivity (Wildman–Crippen MR) is 317 cm³/mol. The quantitative estimate of drug-likeness (QED) is 0.154. The second-order valence-electron chi connectivity index (χ2n) is 25.9. The second kappa shape index (κ2) is 17.2. The van der Waals surface area contributed by atoms with Gasteiger partial charge in [-0.05, 0) is 175 Å². The van der Waals surface area contributed by atoms with Crippen LogP contribution in [-0.2, 0) is 27.1 Å². The fourth-order valence-electron chi connectivity index (χ4n) is 12.2. The van der Waals surface area contributed by atoms with Gasteiger partial charge >= 0.3 is 0 Å². The van der Waals surface area contributed by atoms with E-state index in [1.165, 1.54) is 95.0 Å². The van der Waals surface area contributed by atoms with Crippen LogP contribution < -0.4 is 31.1 Å². The van der Waals surface area contributed by atoms with Gasteiger partial charge in [-0.1, -0.05) is 187 Å². The third kappa shape index (κ3) is 8.30. The molecule has 0 atom stereocenters. The fraction of sp³-hybridized carbons (Fsp3) is 0.304. The summed E-state index contributed by atoms with van der Waals surface area (Å²) in [4.78, 5) is 7.77. The van der Waals surface area contributed by atoms with Crippen LogP contribution in [0.1, 0.15) is 136 Å². The summed E-state index contributed by atoms with van der Waals surface area (Å²) in [5.74, 6) is 0. The molecule has 1 aliphatic carbocycles. The van der Waals surface area contributed by atoms with Crippen LogP contribution in [0.3, 0.4) is 0 Å². The van der Waals surface area contributed by atoms with Gasteiger partial charge in [0.1, 0.15) is 0 Å². The van der Waals surface area contributed by atoms with Crippen molar-refractivity contribution in [2.45, 2.75) is 137 Å². The molecule has 3 aliphatic rings. The summed E-state index contributed by atoms with van der Waals surface area (Å²) < 4.78 is 0. The molecule has 2 aliphatic heterocycles. The summed E-state index contributed by atoms with van der Waals surface area (Å²) in [6.45, 7) is 33.3. The highest BCUT2D eigenvalue weighted by atomic mass is 15.2. The maximum Gasteiger partial charge on any atom is 0.252 e. The molecule has 0 N–H and O–H groups in total. The van der Waals surface area contributed by atoms with Crippen molar-refractivity contribution in [2.75, 3.05) is 14.7 Å². The third-order valence-electron chi connectivity index (χ3n) is 16.7. The maximum absolute atomic E-state index is 2.70. The number of hydrogen-bond acceptors (Lipinski definition) is 3. The summed E-state index contributed by atoms with van der Waals surface area (Å²) in [6, 6.07) is 65.2. The molecule has 4 heteroatoms. The molecule has 0 saturated heterocycles. The molecule has 0 bridgehead atoms. The Balaban J connectivity index is 1.29. The van der Waals surface area contributed by atoms with Gasteiger partial charge < -0.3 is 14.7 Å². The normalized spacial score (nSPS) is 15.6. The minimum Gasteiger partial charge on any atom is -0.311 e. The molecule has 0 aromatic heterocycles. The first-order valence-electron chi connectivity index (χ1n) is 26.8. The summed E-state index contributed by atoms with van der Waals surface area (Å²) in [7, 11) is 0. The number of nitrogens with zero attached hydrogens (tertiary/aromatic N) is 3. The lowest BCUT2D eigenvalue weighted by atomic mass is 9.33. The maximum atomic E-state index is 2.70. The molecule has 0 radical (unpaired) electrons. The monoisotopic (exact) mass is 956 g/mol. The molecule has 3 nitrogen and oxygen atoms in total. The summed E-state index contributed by atoms with van der Waals surface area (Å²) >= 11 is 0. The number of anilines is 9. The Bertz CT molecular complexity index is 3380. The van der Waals surface area contributed by atoms with Crippen molar-refractivity contribution in [3.05, 3.63) is 203 Å². The second-order valence-corrected chi connectivity index (χ2v) is 25.9. The minimum absolute atomic E-state index is 0.00321. The van der Waals surface area contributed by atoms with Gasteiger partial charge in [0.05, 0.1) is 5.69 Å². The van der Waals surface area contributed by atoms with Crippen LogP contribution in [0.5, 0.6) is 0 Å². The van der Waals surface area contributed by atoms with Crippen LogP contribution >= 0.6 is 0 Å². The number of fused-ring (bicyclic) bond motifs is 5. The van der Waals surface area contributed by atoms with Crippen LogP contribution in [0.15, 0.2) is 170 Å². The zero-order chi connectivity index (χ0) is 51.6. The third-order valence-corrected chi connectivity index (χ3v) is 16.7. The summed E-state index contributed by atoms with van der Waals surface area (Å²) in [5.41, 5.74) is 25.3. The Morgan fingerprint density at radius 3 is 1.42 bits per heavy atom. The van der Waals surface area contributed by atoms with Crippen molar-refractivity contribution < 1.29 is 0 Å². The SMILES string of the molecule is Cc1cc(C(C)(C)C)ccc1N1c2cc(N(c3ccccc3)c3ccccc3)ccc2B2c3cc4c(cc3N(c3ccc(C(C)(C)C)cc3-c3ccccc3)c3cc(C(C)(C)C)cc1c32)C(C)(C)CCC4(C)C. The number of benzene rings is 8. The summed E-state index contributed by atoms with van der Waals surface area (Å²) in [6.07, 6.45) is 2.29. The van der Waals surface area contributed by atoms with Gasteiger partial charge in [-0.25, -0.2) is 0 Å². The van der Waals surface area contributed by atoms with Gasteiger partial charge in [0.2, 0.25) is 0 Å². The predicted octanol–water partition coefficient (Wildman–Crippen LogP) is 17.5. The number of hydrogen-bond donors (Lipinski definition) is 0. The highest BCUT2D eigenvalue weighted by Crippen LogP contribution is 2.53. The average molecular weight is 956 g/mol. The topological polar surface area (TPSA) is 9.72 Å². The molecule has 368 valence electrons. The van der Waals surface area contributed by atoms with Crippen molar-refractivity contribution in [1.29, 1.82) is 0 Å². The van der Waals surface area contributed by atoms with Gasteiger partial charge in [-0.15, -0.1) is 0 Å². The van der Waals surface area contributed by atoms with Gasteiger partial charge in [0.15, 0.2) is 0 Å². The molecule has 0 saturated carbocycles. The van der Waals surface area contributed by atoms with Gasteiger partial charge in [0.25, 0.3) is 6.71 Å². The standard InChI is InChI=1S/C69H74BN3/c1-45-38-47(65(2,3)4)30-34-58(45)72-60-42-52(71(50-26-20-16-21-27-50)51-28-22-17-23-29-51)32-33-56(60)70-57-43-54-55(69(13,14)37-36-68(54,11)12)44-61(57)73(63-41-49(67(8,9)10)40-62(72)64(63)70)59-35-31-48(66(5,6)7)39-53(59)46-24-18-15-19-25-46/h15-35,38-44H,36-37H2,1-14H3. The number of para-hydroxylation sites is 2. The molecular formula is C69H74BN3. The Morgan fingerprint density at radius 2 is 0.890 bits per heavy atom. The van der Waals surface area contributed by atoms with Crippen molar-refractivity contribution >= 4 is 74.3 Å². The van der Waals surface area contributed by atoms with E-state index in [0.717, 1.165) is 29.9 Å². The van der Waals surface area contributed by atoms with E-state index in [1.807, 2.05) is 0 Å². The largest absolute Gasteiger partial charge is 0.311 e. The number of rotatable bonds is 6. The average Bonchev–Trinajstić information content (AvgIpc) is 3.35. The minimum atomic E-state index is -0.163. The van der Waals surface area contributed by atoms with Crippen LogP contribution in [0, 0.1) is 6.92 Å². The molecule has 11 rings (SSSR count). The number of aryl methyl sites for hydroxylation is 1. The Labute approximate surface area is 438 Å². The van der Waals surface area contributed by atoms with Gasteiger partial charge in [0, 0.05) is 51.1 Å². The first kappa shape index (κ1) is 48.5. The van der Waals surface area contributed by atoms with Crippen molar-refractivity contribution in [3.8, 4) is 11.1 Å². The molecule has 8 aromatic carbocycles. The molecule has 73 heavy (non-hydrogen) atoms. The highest BCUT2D eigenvalue weighted by molar-refractivity contribution is 7.00. The van der Waals surface area contributed by atoms with E-state index >= 15 is 0 Å². The van der Waals surface area contributed by atoms with E-state index in [-0.39, 0.29) is 33.8 Å². The Hall–Kier alpha value is -6.78. The zero-order valence-corrected chi connectivity index (χ0v) is 46.0. The van der Waals surface area contributed by atoms with E-state index < -0.39 is 0 Å². The van der Waals surface area contributed by atoms with E-state index in [1.54, 1.807) is 0 Å². The Kier molecular flexibility index (Phi) is 11.4. The van der Waals surface area contributed by atoms with Crippen LogP contribution in [0.4, 0.5) is 51.2 Å². The molecule has 0 amide bonds. The van der Waals surface area contributed by atoms with Crippen molar-refractivity contribution in [3.63, 3.8) is 0 Å². The zero-order valence-electron chi connectivity index (χ0n) is 46.0. The lowest BCUT2D eigenvalue weighted by Gasteiger charge is -2.48. The first-order chi connectivity index (χ1) is 34.5. The molecular weight excluding hydrogens is 882 g/mol. The molecule has 8 aromatic rings.